The molecule has 0 aliphatic carbocycles. The van der Waals surface area contributed by atoms with E-state index in [0.29, 0.717) is 17.4 Å². The second-order valence-corrected chi connectivity index (χ2v) is 8.00. The zero-order valence-electron chi connectivity index (χ0n) is 10.8. The van der Waals surface area contributed by atoms with E-state index in [4.69, 9.17) is 0 Å². The Bertz CT molecular complexity index is 547. The van der Waals surface area contributed by atoms with Gasteiger partial charge in [0.15, 0.2) is 9.84 Å². The van der Waals surface area contributed by atoms with Crippen LogP contribution in [0.5, 0.6) is 0 Å². The highest BCUT2D eigenvalue weighted by molar-refractivity contribution is 7.91. The molecule has 3 heterocycles. The third-order valence-electron chi connectivity index (χ3n) is 4.29. The molecular weight excluding hydrogens is 248 g/mol. The van der Waals surface area contributed by atoms with Crippen LogP contribution in [0.3, 0.4) is 0 Å². The van der Waals surface area contributed by atoms with Crippen molar-refractivity contribution in [3.63, 3.8) is 0 Å². The number of aromatic nitrogens is 2. The van der Waals surface area contributed by atoms with Crippen LogP contribution in [0, 0.1) is 5.92 Å². The molecule has 1 fully saturated rings. The summed E-state index contributed by atoms with van der Waals surface area (Å²) >= 11 is 0. The van der Waals surface area contributed by atoms with Crippen LogP contribution in [-0.2, 0) is 22.8 Å². The van der Waals surface area contributed by atoms with Crippen molar-refractivity contribution in [2.24, 2.45) is 5.92 Å². The molecule has 4 nitrogen and oxygen atoms in total. The Morgan fingerprint density at radius 3 is 3.00 bits per heavy atom. The smallest absolute Gasteiger partial charge is 0.150 e. The van der Waals surface area contributed by atoms with Gasteiger partial charge in [-0.05, 0) is 31.1 Å². The maximum Gasteiger partial charge on any atom is 0.150 e. The van der Waals surface area contributed by atoms with E-state index in [9.17, 15) is 8.42 Å². The van der Waals surface area contributed by atoms with Gasteiger partial charge in [0.25, 0.3) is 0 Å². The lowest BCUT2D eigenvalue weighted by Crippen LogP contribution is -2.18. The number of imidazole rings is 1. The third-order valence-corrected chi connectivity index (χ3v) is 6.13. The molecule has 1 aromatic rings. The van der Waals surface area contributed by atoms with Crippen molar-refractivity contribution >= 4 is 9.84 Å². The van der Waals surface area contributed by atoms with Gasteiger partial charge in [-0.2, -0.15) is 0 Å². The lowest BCUT2D eigenvalue weighted by molar-refractivity contribution is 0.449. The highest BCUT2D eigenvalue weighted by atomic mass is 32.2. The highest BCUT2D eigenvalue weighted by Gasteiger charge is 2.30. The molecule has 1 saturated heterocycles. The molecule has 3 rings (SSSR count). The summed E-state index contributed by atoms with van der Waals surface area (Å²) in [6.07, 6.45) is 6.07. The zero-order valence-corrected chi connectivity index (χ0v) is 11.6. The average Bonchev–Trinajstić information content (AvgIpc) is 2.85. The van der Waals surface area contributed by atoms with Crippen LogP contribution >= 0.6 is 0 Å². The van der Waals surface area contributed by atoms with Gasteiger partial charge >= 0.3 is 0 Å². The van der Waals surface area contributed by atoms with Crippen LogP contribution in [-0.4, -0.2) is 29.5 Å². The Hall–Kier alpha value is -0.840. The topological polar surface area (TPSA) is 52.0 Å². The first-order chi connectivity index (χ1) is 8.55. The van der Waals surface area contributed by atoms with E-state index < -0.39 is 9.84 Å². The minimum Gasteiger partial charge on any atom is -0.332 e. The Kier molecular flexibility index (Phi) is 2.96. The molecule has 1 aromatic heterocycles. The van der Waals surface area contributed by atoms with Crippen molar-refractivity contribution in [3.8, 4) is 0 Å². The summed E-state index contributed by atoms with van der Waals surface area (Å²) < 4.78 is 25.3. The molecule has 2 atom stereocenters. The molecule has 0 aromatic carbocycles. The second-order valence-electron chi connectivity index (χ2n) is 5.77. The number of fused-ring (bicyclic) bond motifs is 1. The van der Waals surface area contributed by atoms with Crippen LogP contribution in [0.2, 0.25) is 0 Å². The van der Waals surface area contributed by atoms with E-state index in [-0.39, 0.29) is 5.92 Å². The predicted octanol–water partition coefficient (Wildman–Crippen LogP) is 1.76. The van der Waals surface area contributed by atoms with E-state index in [2.05, 4.69) is 16.5 Å². The first-order valence-electron chi connectivity index (χ1n) is 6.80. The van der Waals surface area contributed by atoms with Crippen LogP contribution in [0.15, 0.2) is 6.20 Å². The molecule has 2 unspecified atom stereocenters. The molecule has 0 spiro atoms. The maximum atomic E-state index is 11.5. The van der Waals surface area contributed by atoms with E-state index >= 15 is 0 Å². The first kappa shape index (κ1) is 12.2. The summed E-state index contributed by atoms with van der Waals surface area (Å²) in [5.74, 6) is 2.68. The van der Waals surface area contributed by atoms with Crippen molar-refractivity contribution in [1.82, 2.24) is 9.55 Å². The second kappa shape index (κ2) is 4.37. The van der Waals surface area contributed by atoms with Gasteiger partial charge in [0, 0.05) is 24.9 Å². The Morgan fingerprint density at radius 2 is 2.28 bits per heavy atom. The van der Waals surface area contributed by atoms with Crippen LogP contribution in [0.4, 0.5) is 0 Å². The fraction of sp³-hybridized carbons (Fsp3) is 0.769. The molecule has 100 valence electrons. The quantitative estimate of drug-likeness (QED) is 0.821. The largest absolute Gasteiger partial charge is 0.332 e. The standard InChI is InChI=1S/C13H20N2O2S/c1-10-3-2-5-15-12(10)8-14-13(15)7-11-4-6-18(16,17)9-11/h8,10-11H,2-7,9H2,1H3. The summed E-state index contributed by atoms with van der Waals surface area (Å²) in [6, 6.07) is 0. The highest BCUT2D eigenvalue weighted by Crippen LogP contribution is 2.29. The van der Waals surface area contributed by atoms with Crippen molar-refractivity contribution in [3.05, 3.63) is 17.7 Å². The maximum absolute atomic E-state index is 11.5. The molecule has 0 saturated carbocycles. The van der Waals surface area contributed by atoms with Gasteiger partial charge in [-0.25, -0.2) is 13.4 Å². The molecule has 2 aliphatic heterocycles. The van der Waals surface area contributed by atoms with Gasteiger partial charge < -0.3 is 4.57 Å². The molecular formula is C13H20N2O2S. The number of hydrogen-bond acceptors (Lipinski definition) is 3. The van der Waals surface area contributed by atoms with Crippen molar-refractivity contribution in [2.45, 2.75) is 45.1 Å². The third kappa shape index (κ3) is 2.20. The van der Waals surface area contributed by atoms with Crippen LogP contribution < -0.4 is 0 Å². The summed E-state index contributed by atoms with van der Waals surface area (Å²) in [7, 11) is -2.77. The molecule has 0 bridgehead atoms. The molecule has 2 aliphatic rings. The van der Waals surface area contributed by atoms with Gasteiger partial charge in [-0.15, -0.1) is 0 Å². The normalized spacial score (nSPS) is 30.3. The van der Waals surface area contributed by atoms with Gasteiger partial charge in [0.1, 0.15) is 5.82 Å². The fourth-order valence-electron chi connectivity index (χ4n) is 3.24. The predicted molar refractivity (Wildman–Crippen MR) is 70.3 cm³/mol. The van der Waals surface area contributed by atoms with Crippen molar-refractivity contribution in [2.75, 3.05) is 11.5 Å². The average molecular weight is 268 g/mol. The Labute approximate surface area is 108 Å². The van der Waals surface area contributed by atoms with Gasteiger partial charge in [0.05, 0.1) is 11.5 Å². The van der Waals surface area contributed by atoms with Gasteiger partial charge in [0.2, 0.25) is 0 Å². The van der Waals surface area contributed by atoms with Gasteiger partial charge in [-0.3, -0.25) is 0 Å². The van der Waals surface area contributed by atoms with Gasteiger partial charge in [-0.1, -0.05) is 6.92 Å². The minimum atomic E-state index is -2.77. The van der Waals surface area contributed by atoms with E-state index in [0.717, 1.165) is 25.2 Å². The Balaban J connectivity index is 1.78. The van der Waals surface area contributed by atoms with E-state index in [1.165, 1.54) is 18.5 Å². The summed E-state index contributed by atoms with van der Waals surface area (Å²) in [5.41, 5.74) is 1.33. The van der Waals surface area contributed by atoms with Crippen LogP contribution in [0.1, 0.15) is 43.6 Å². The lowest BCUT2D eigenvalue weighted by atomic mass is 9.98. The molecule has 18 heavy (non-hydrogen) atoms. The number of sulfone groups is 1. The van der Waals surface area contributed by atoms with E-state index in [1.807, 2.05) is 6.20 Å². The summed E-state index contributed by atoms with van der Waals surface area (Å²) in [4.78, 5) is 4.53. The molecule has 0 amide bonds. The summed E-state index contributed by atoms with van der Waals surface area (Å²) in [5, 5.41) is 0. The monoisotopic (exact) mass is 268 g/mol. The van der Waals surface area contributed by atoms with Crippen LogP contribution in [0.25, 0.3) is 0 Å². The molecule has 0 radical (unpaired) electrons. The number of nitrogens with zero attached hydrogens (tertiary/aromatic N) is 2. The lowest BCUT2D eigenvalue weighted by Gasteiger charge is -2.22. The van der Waals surface area contributed by atoms with Crippen molar-refractivity contribution in [1.29, 1.82) is 0 Å². The number of rotatable bonds is 2. The molecule has 0 N–H and O–H groups in total. The van der Waals surface area contributed by atoms with E-state index in [1.54, 1.807) is 0 Å². The SMILES string of the molecule is CC1CCCn2c1cnc2CC1CCS(=O)(=O)C1. The molecule has 5 heteroatoms. The minimum absolute atomic E-state index is 0.277. The number of hydrogen-bond donors (Lipinski definition) is 0. The summed E-state index contributed by atoms with van der Waals surface area (Å²) in [6.45, 7) is 3.30. The first-order valence-corrected chi connectivity index (χ1v) is 8.62. The Morgan fingerprint density at radius 1 is 1.44 bits per heavy atom. The zero-order chi connectivity index (χ0) is 12.8. The fourth-order valence-corrected chi connectivity index (χ4v) is 5.10. The van der Waals surface area contributed by atoms with Crippen molar-refractivity contribution < 1.29 is 8.42 Å².